The predicted octanol–water partition coefficient (Wildman–Crippen LogP) is 4.83. The normalized spacial score (nSPS) is 26.6. The van der Waals surface area contributed by atoms with Crippen molar-refractivity contribution in [1.29, 1.82) is 0 Å². The monoisotopic (exact) mass is 638 g/mol. The molecule has 0 saturated heterocycles. The van der Waals surface area contributed by atoms with Gasteiger partial charge in [0.25, 0.3) is 5.91 Å². The number of hydrogen-bond donors (Lipinski definition) is 4. The summed E-state index contributed by atoms with van der Waals surface area (Å²) >= 11 is 6.29. The first-order chi connectivity index (χ1) is 20.2. The van der Waals surface area contributed by atoms with Crippen molar-refractivity contribution in [2.75, 3.05) is 5.32 Å². The van der Waals surface area contributed by atoms with Crippen LogP contribution in [0.5, 0.6) is 0 Å². The van der Waals surface area contributed by atoms with E-state index in [0.717, 1.165) is 6.07 Å². The predicted molar refractivity (Wildman–Crippen MR) is 151 cm³/mol. The van der Waals surface area contributed by atoms with Crippen LogP contribution in [-0.4, -0.2) is 51.6 Å². The minimum atomic E-state index is -4.14. The molecular formula is C30H30ClF3N2O6S. The molecule has 2 fully saturated rings. The Bertz CT molecular complexity index is 1620. The summed E-state index contributed by atoms with van der Waals surface area (Å²) in [6, 6.07) is 7.96. The number of carbonyl (C=O) groups is 1. The van der Waals surface area contributed by atoms with Crippen molar-refractivity contribution in [3.8, 4) is 0 Å². The van der Waals surface area contributed by atoms with Gasteiger partial charge in [0.2, 0.25) is 0 Å². The Labute approximate surface area is 251 Å². The van der Waals surface area contributed by atoms with Gasteiger partial charge < -0.3 is 20.6 Å². The van der Waals surface area contributed by atoms with E-state index in [1.807, 2.05) is 6.92 Å². The Morgan fingerprint density at radius 1 is 1.12 bits per heavy atom. The average Bonchev–Trinajstić information content (AvgIpc) is 3.08. The Morgan fingerprint density at radius 2 is 1.81 bits per heavy atom. The minimum absolute atomic E-state index is 0.0626. The molecule has 2 aliphatic carbocycles. The largest absolute Gasteiger partial charge is 0.390 e. The molecular weight excluding hydrogens is 609 g/mol. The summed E-state index contributed by atoms with van der Waals surface area (Å²) in [5, 5.41) is 34.4. The number of carbonyl (C=O) groups excluding carboxylic acids is 1. The number of halogens is 4. The van der Waals surface area contributed by atoms with Crippen molar-refractivity contribution in [1.82, 2.24) is 4.98 Å². The van der Waals surface area contributed by atoms with Gasteiger partial charge in [0.1, 0.15) is 6.10 Å². The summed E-state index contributed by atoms with van der Waals surface area (Å²) in [4.78, 5) is 16.5. The molecule has 0 aliphatic heterocycles. The van der Waals surface area contributed by atoms with Crippen molar-refractivity contribution in [3.05, 3.63) is 88.5 Å². The number of aliphatic hydroxyl groups is 3. The second kappa shape index (κ2) is 11.8. The SMILES string of the molecule is C[C@H]1CC2C[C@@H](S(=O)(=O)c3cc(C(=O)Nc4cc(F)c(F)c(F)c4)ccc3Cl)CC1[C@@]2(O)CC(O)C(O)c1cccnc1. The van der Waals surface area contributed by atoms with E-state index in [9.17, 15) is 41.7 Å². The highest BCUT2D eigenvalue weighted by atomic mass is 35.5. The lowest BCUT2D eigenvalue weighted by Crippen LogP contribution is -2.51. The summed E-state index contributed by atoms with van der Waals surface area (Å²) in [6.45, 7) is 1.91. The standard InChI is InChI=1S/C30H30ClF3N2O6S/c1-15-7-18-9-20(12-21(15)30(18,40)13-25(37)28(38)17-3-2-6-35-14-17)43(41,42)26-8-16(4-5-22(26)31)29(39)36-19-10-23(32)27(34)24(33)11-19/h2-6,8,10-11,14-15,18,20-21,25,28,37-38,40H,7,9,12-13H2,1H3,(H,36,39)/t15-,18?,20+,21?,25?,28?,30+/m0/s1. The molecule has 8 nitrogen and oxygen atoms in total. The zero-order valence-corrected chi connectivity index (χ0v) is 24.5. The fourth-order valence-electron chi connectivity index (χ4n) is 6.71. The molecule has 5 rings (SSSR count). The van der Waals surface area contributed by atoms with Gasteiger partial charge in [0.05, 0.1) is 26.9 Å². The lowest BCUT2D eigenvalue weighted by Gasteiger charge is -2.44. The Hall–Kier alpha value is -3.03. The van der Waals surface area contributed by atoms with Crippen LogP contribution in [-0.2, 0) is 9.84 Å². The van der Waals surface area contributed by atoms with Gasteiger partial charge in [-0.3, -0.25) is 9.78 Å². The van der Waals surface area contributed by atoms with E-state index in [1.165, 1.54) is 24.5 Å². The third kappa shape index (κ3) is 5.91. The van der Waals surface area contributed by atoms with Gasteiger partial charge in [-0.05, 0) is 61.3 Å². The molecule has 1 heterocycles. The van der Waals surface area contributed by atoms with Gasteiger partial charge in [-0.15, -0.1) is 0 Å². The van der Waals surface area contributed by atoms with E-state index in [4.69, 9.17) is 11.6 Å². The van der Waals surface area contributed by atoms with Crippen LogP contribution in [0.1, 0.15) is 54.6 Å². The number of aliphatic hydroxyl groups excluding tert-OH is 2. The third-order valence-corrected chi connectivity index (χ3v) is 11.5. The molecule has 1 aromatic heterocycles. The van der Waals surface area contributed by atoms with E-state index >= 15 is 0 Å². The van der Waals surface area contributed by atoms with Crippen LogP contribution in [0, 0.1) is 35.2 Å². The number of benzene rings is 2. The van der Waals surface area contributed by atoms with Gasteiger partial charge in [0.15, 0.2) is 27.3 Å². The molecule has 2 saturated carbocycles. The molecule has 4 N–H and O–H groups in total. The number of pyridine rings is 1. The summed E-state index contributed by atoms with van der Waals surface area (Å²) in [6.07, 6.45) is 0.841. The number of aromatic nitrogens is 1. The number of sulfone groups is 1. The molecule has 2 aliphatic rings. The molecule has 3 aromatic rings. The first-order valence-corrected chi connectivity index (χ1v) is 15.6. The summed E-state index contributed by atoms with van der Waals surface area (Å²) in [5.74, 6) is -6.67. The van der Waals surface area contributed by atoms with E-state index in [0.29, 0.717) is 24.1 Å². The summed E-state index contributed by atoms with van der Waals surface area (Å²) < 4.78 is 68.3. The van der Waals surface area contributed by atoms with Crippen LogP contribution in [0.3, 0.4) is 0 Å². The second-order valence-electron chi connectivity index (χ2n) is 11.5. The molecule has 2 bridgehead atoms. The number of amides is 1. The van der Waals surface area contributed by atoms with E-state index in [-0.39, 0.29) is 46.3 Å². The number of hydrogen-bond acceptors (Lipinski definition) is 7. The van der Waals surface area contributed by atoms with Gasteiger partial charge in [-0.25, -0.2) is 21.6 Å². The molecule has 2 aromatic carbocycles. The quantitative estimate of drug-likeness (QED) is 0.260. The number of fused-ring (bicyclic) bond motifs is 2. The Morgan fingerprint density at radius 3 is 2.44 bits per heavy atom. The highest BCUT2D eigenvalue weighted by Crippen LogP contribution is 2.56. The van der Waals surface area contributed by atoms with Crippen molar-refractivity contribution >= 4 is 33.0 Å². The van der Waals surface area contributed by atoms with Gasteiger partial charge in [-0.1, -0.05) is 24.6 Å². The fourth-order valence-corrected chi connectivity index (χ4v) is 9.09. The van der Waals surface area contributed by atoms with Crippen LogP contribution in [0.25, 0.3) is 0 Å². The maximum Gasteiger partial charge on any atom is 0.255 e. The van der Waals surface area contributed by atoms with Crippen LogP contribution in [0.15, 0.2) is 59.8 Å². The molecule has 1 amide bonds. The number of nitrogens with one attached hydrogen (secondary N) is 1. The Kier molecular flexibility index (Phi) is 8.62. The topological polar surface area (TPSA) is 137 Å². The number of anilines is 1. The molecule has 7 atom stereocenters. The number of rotatable bonds is 8. The average molecular weight is 639 g/mol. The highest BCUT2D eigenvalue weighted by molar-refractivity contribution is 7.92. The molecule has 0 radical (unpaired) electrons. The van der Waals surface area contributed by atoms with Crippen LogP contribution >= 0.6 is 11.6 Å². The molecule has 13 heteroatoms. The molecule has 0 spiro atoms. The van der Waals surface area contributed by atoms with Gasteiger partial charge in [0, 0.05) is 47.8 Å². The summed E-state index contributed by atoms with van der Waals surface area (Å²) in [7, 11) is -4.14. The first-order valence-electron chi connectivity index (χ1n) is 13.7. The number of nitrogens with zero attached hydrogens (tertiary/aromatic N) is 1. The molecule has 43 heavy (non-hydrogen) atoms. The zero-order chi connectivity index (χ0) is 31.3. The van der Waals surface area contributed by atoms with Gasteiger partial charge >= 0.3 is 0 Å². The lowest BCUT2D eigenvalue weighted by atomic mass is 9.70. The third-order valence-electron chi connectivity index (χ3n) is 8.86. The van der Waals surface area contributed by atoms with Crippen molar-refractivity contribution in [2.24, 2.45) is 17.8 Å². The minimum Gasteiger partial charge on any atom is -0.390 e. The van der Waals surface area contributed by atoms with Crippen LogP contribution in [0.4, 0.5) is 18.9 Å². The maximum absolute atomic E-state index is 13.9. The highest BCUT2D eigenvalue weighted by Gasteiger charge is 2.59. The summed E-state index contributed by atoms with van der Waals surface area (Å²) in [5.41, 5.74) is -1.55. The molecule has 4 unspecified atom stereocenters. The van der Waals surface area contributed by atoms with Crippen LogP contribution < -0.4 is 5.32 Å². The molecule has 230 valence electrons. The van der Waals surface area contributed by atoms with Gasteiger partial charge in [-0.2, -0.15) is 0 Å². The van der Waals surface area contributed by atoms with E-state index in [2.05, 4.69) is 10.3 Å². The van der Waals surface area contributed by atoms with Crippen molar-refractivity contribution < 1.29 is 41.7 Å². The Balaban J connectivity index is 1.36. The van der Waals surface area contributed by atoms with Crippen molar-refractivity contribution in [2.45, 2.75) is 60.6 Å². The van der Waals surface area contributed by atoms with Crippen LogP contribution in [0.2, 0.25) is 5.02 Å². The van der Waals surface area contributed by atoms with E-state index in [1.54, 1.807) is 12.1 Å². The first kappa shape index (κ1) is 31.4. The maximum atomic E-state index is 13.9. The second-order valence-corrected chi connectivity index (χ2v) is 14.1. The van der Waals surface area contributed by atoms with E-state index < -0.39 is 68.1 Å². The van der Waals surface area contributed by atoms with Crippen molar-refractivity contribution in [3.63, 3.8) is 0 Å². The lowest BCUT2D eigenvalue weighted by molar-refractivity contribution is -0.113. The smallest absolute Gasteiger partial charge is 0.255 e. The zero-order valence-electron chi connectivity index (χ0n) is 22.9. The fraction of sp³-hybridized carbons (Fsp3) is 0.400.